The molecule has 1 heteroatoms. The molecule has 0 aliphatic rings. The van der Waals surface area contributed by atoms with Gasteiger partial charge in [-0.3, -0.25) is 0 Å². The van der Waals surface area contributed by atoms with Crippen LogP contribution in [0.2, 0.25) is 0 Å². The number of hydrogen-bond donors (Lipinski definition) is 0. The quantitative estimate of drug-likeness (QED) is 0.611. The summed E-state index contributed by atoms with van der Waals surface area (Å²) >= 11 is 3.93. The molecule has 0 spiro atoms. The summed E-state index contributed by atoms with van der Waals surface area (Å²) in [7, 11) is 0. The van der Waals surface area contributed by atoms with Gasteiger partial charge in [-0.2, -0.15) is 0 Å². The van der Waals surface area contributed by atoms with Crippen LogP contribution in [0.15, 0.2) is 36.4 Å². The highest BCUT2D eigenvalue weighted by Gasteiger charge is 2.16. The average Bonchev–Trinajstić information content (AvgIpc) is 2.48. The van der Waals surface area contributed by atoms with E-state index in [1.165, 1.54) is 33.4 Å². The monoisotopic (exact) mass is 330 g/mol. The van der Waals surface area contributed by atoms with Crippen LogP contribution >= 0.6 is 15.9 Å². The molecule has 106 valence electrons. The molecular weight excluding hydrogens is 308 g/mol. The fourth-order valence-corrected chi connectivity index (χ4v) is 3.54. The molecule has 2 rings (SSSR count). The van der Waals surface area contributed by atoms with Gasteiger partial charge in [0.2, 0.25) is 0 Å². The molecule has 0 fully saturated rings. The SMILES string of the molecule is CCc1ccc(CC)c(C(Br)c2cc(C)ccc2C)c1. The van der Waals surface area contributed by atoms with Crippen LogP contribution in [0, 0.1) is 13.8 Å². The topological polar surface area (TPSA) is 0 Å². The first-order chi connectivity index (χ1) is 9.56. The van der Waals surface area contributed by atoms with Crippen LogP contribution in [0.5, 0.6) is 0 Å². The highest BCUT2D eigenvalue weighted by molar-refractivity contribution is 9.09. The zero-order valence-electron chi connectivity index (χ0n) is 12.8. The number of hydrogen-bond acceptors (Lipinski definition) is 0. The summed E-state index contributed by atoms with van der Waals surface area (Å²) in [4.78, 5) is 0.281. The van der Waals surface area contributed by atoms with Crippen molar-refractivity contribution in [2.24, 2.45) is 0 Å². The summed E-state index contributed by atoms with van der Waals surface area (Å²) in [5.74, 6) is 0. The zero-order valence-corrected chi connectivity index (χ0v) is 14.4. The van der Waals surface area contributed by atoms with Gasteiger partial charge >= 0.3 is 0 Å². The maximum atomic E-state index is 3.93. The van der Waals surface area contributed by atoms with E-state index in [1.807, 2.05) is 0 Å². The lowest BCUT2D eigenvalue weighted by atomic mass is 9.93. The molecule has 20 heavy (non-hydrogen) atoms. The Morgan fingerprint density at radius 2 is 1.65 bits per heavy atom. The van der Waals surface area contributed by atoms with E-state index in [2.05, 4.69) is 80.0 Å². The summed E-state index contributed by atoms with van der Waals surface area (Å²) in [5, 5.41) is 0. The minimum Gasteiger partial charge on any atom is -0.0786 e. The largest absolute Gasteiger partial charge is 0.0786 e. The highest BCUT2D eigenvalue weighted by atomic mass is 79.9. The van der Waals surface area contributed by atoms with Crippen molar-refractivity contribution >= 4 is 15.9 Å². The average molecular weight is 331 g/mol. The normalized spacial score (nSPS) is 12.4. The lowest BCUT2D eigenvalue weighted by Gasteiger charge is -2.18. The minimum absolute atomic E-state index is 0.281. The van der Waals surface area contributed by atoms with Gasteiger partial charge < -0.3 is 0 Å². The first kappa shape index (κ1) is 15.3. The minimum atomic E-state index is 0.281. The van der Waals surface area contributed by atoms with E-state index < -0.39 is 0 Å². The number of halogens is 1. The molecule has 0 aliphatic heterocycles. The third-order valence-electron chi connectivity index (χ3n) is 3.98. The molecule has 0 aromatic heterocycles. The molecule has 0 radical (unpaired) electrons. The fraction of sp³-hybridized carbons (Fsp3) is 0.368. The van der Waals surface area contributed by atoms with Crippen molar-refractivity contribution in [2.45, 2.75) is 45.4 Å². The summed E-state index contributed by atoms with van der Waals surface area (Å²) < 4.78 is 0. The molecule has 0 aliphatic carbocycles. The molecule has 0 bridgehead atoms. The number of aryl methyl sites for hydroxylation is 4. The number of rotatable bonds is 4. The van der Waals surface area contributed by atoms with Crippen LogP contribution in [-0.4, -0.2) is 0 Å². The van der Waals surface area contributed by atoms with E-state index in [0.29, 0.717) is 0 Å². The summed E-state index contributed by atoms with van der Waals surface area (Å²) in [5.41, 5.74) is 8.31. The molecule has 0 saturated heterocycles. The van der Waals surface area contributed by atoms with Gasteiger partial charge in [-0.05, 0) is 54.5 Å². The van der Waals surface area contributed by atoms with Gasteiger partial charge in [0.25, 0.3) is 0 Å². The van der Waals surface area contributed by atoms with E-state index >= 15 is 0 Å². The molecule has 1 atom stereocenters. The van der Waals surface area contributed by atoms with Gasteiger partial charge in [0, 0.05) is 0 Å². The van der Waals surface area contributed by atoms with Crippen molar-refractivity contribution in [1.29, 1.82) is 0 Å². The second kappa shape index (κ2) is 6.58. The van der Waals surface area contributed by atoms with Crippen molar-refractivity contribution in [2.75, 3.05) is 0 Å². The van der Waals surface area contributed by atoms with Gasteiger partial charge in [0.15, 0.2) is 0 Å². The standard InChI is InChI=1S/C19H23Br/c1-5-15-9-10-16(6-2)18(12-15)19(20)17-11-13(3)7-8-14(17)4/h7-12,19H,5-6H2,1-4H3. The Hall–Kier alpha value is -1.08. The molecule has 0 nitrogen and oxygen atoms in total. The predicted octanol–water partition coefficient (Wildman–Crippen LogP) is 5.91. The second-order valence-corrected chi connectivity index (χ2v) is 6.38. The van der Waals surface area contributed by atoms with Crippen molar-refractivity contribution in [3.05, 3.63) is 69.8 Å². The molecule has 2 aromatic carbocycles. The Balaban J connectivity index is 2.51. The van der Waals surface area contributed by atoms with Crippen LogP contribution in [0.4, 0.5) is 0 Å². The maximum Gasteiger partial charge on any atom is 0.0650 e. The Kier molecular flexibility index (Phi) is 5.04. The maximum absolute atomic E-state index is 3.93. The Morgan fingerprint density at radius 3 is 2.30 bits per heavy atom. The Labute approximate surface area is 131 Å². The Bertz CT molecular complexity index is 599. The number of benzene rings is 2. The van der Waals surface area contributed by atoms with Gasteiger partial charge in [0.05, 0.1) is 4.83 Å². The van der Waals surface area contributed by atoms with Gasteiger partial charge in [-0.1, -0.05) is 71.7 Å². The fourth-order valence-electron chi connectivity index (χ4n) is 2.62. The van der Waals surface area contributed by atoms with Crippen molar-refractivity contribution in [3.63, 3.8) is 0 Å². The third kappa shape index (κ3) is 3.15. The summed E-state index contributed by atoms with van der Waals surface area (Å²) in [6.45, 7) is 8.79. The van der Waals surface area contributed by atoms with Crippen molar-refractivity contribution in [1.82, 2.24) is 0 Å². The van der Waals surface area contributed by atoms with E-state index in [-0.39, 0.29) is 4.83 Å². The second-order valence-electron chi connectivity index (χ2n) is 5.46. The van der Waals surface area contributed by atoms with Crippen LogP contribution in [0.25, 0.3) is 0 Å². The van der Waals surface area contributed by atoms with Gasteiger partial charge in [-0.25, -0.2) is 0 Å². The molecule has 2 aromatic rings. The predicted molar refractivity (Wildman–Crippen MR) is 91.9 cm³/mol. The zero-order chi connectivity index (χ0) is 14.7. The molecule has 1 unspecified atom stereocenters. The smallest absolute Gasteiger partial charge is 0.0650 e. The third-order valence-corrected chi connectivity index (χ3v) is 4.97. The first-order valence-corrected chi connectivity index (χ1v) is 8.31. The van der Waals surface area contributed by atoms with Gasteiger partial charge in [0.1, 0.15) is 0 Å². The van der Waals surface area contributed by atoms with Crippen LogP contribution in [0.1, 0.15) is 52.1 Å². The van der Waals surface area contributed by atoms with Crippen molar-refractivity contribution < 1.29 is 0 Å². The lowest BCUT2D eigenvalue weighted by molar-refractivity contribution is 1.02. The molecule has 0 N–H and O–H groups in total. The van der Waals surface area contributed by atoms with Gasteiger partial charge in [-0.15, -0.1) is 0 Å². The Morgan fingerprint density at radius 1 is 0.900 bits per heavy atom. The van der Waals surface area contributed by atoms with Crippen LogP contribution < -0.4 is 0 Å². The van der Waals surface area contributed by atoms with E-state index in [1.54, 1.807) is 0 Å². The van der Waals surface area contributed by atoms with Crippen LogP contribution in [0.3, 0.4) is 0 Å². The highest BCUT2D eigenvalue weighted by Crippen LogP contribution is 2.36. The summed E-state index contributed by atoms with van der Waals surface area (Å²) in [6.07, 6.45) is 2.16. The van der Waals surface area contributed by atoms with E-state index in [4.69, 9.17) is 0 Å². The van der Waals surface area contributed by atoms with Crippen LogP contribution in [-0.2, 0) is 12.8 Å². The molecular formula is C19H23Br. The van der Waals surface area contributed by atoms with E-state index in [0.717, 1.165) is 12.8 Å². The molecule has 0 amide bonds. The molecule has 0 saturated carbocycles. The number of alkyl halides is 1. The first-order valence-electron chi connectivity index (χ1n) is 7.39. The molecule has 0 heterocycles. The summed E-state index contributed by atoms with van der Waals surface area (Å²) in [6, 6.07) is 13.6. The van der Waals surface area contributed by atoms with Crippen molar-refractivity contribution in [3.8, 4) is 0 Å². The lowest BCUT2D eigenvalue weighted by Crippen LogP contribution is -2.02. The van der Waals surface area contributed by atoms with E-state index in [9.17, 15) is 0 Å².